The van der Waals surface area contributed by atoms with Gasteiger partial charge in [0, 0.05) is 48.0 Å². The molecule has 8 aromatic rings. The fourth-order valence-electron chi connectivity index (χ4n) is 6.15. The molecule has 0 bridgehead atoms. The van der Waals surface area contributed by atoms with Crippen molar-refractivity contribution in [1.29, 1.82) is 0 Å². The number of rotatable bonds is 28. The first kappa shape index (κ1) is 37.0. The van der Waals surface area contributed by atoms with Gasteiger partial charge in [-0.2, -0.15) is 0 Å². The number of Topliss-reactive ketones (excluding diaryl/α,β-unsaturated/α-hetero) is 3. The Morgan fingerprint density at radius 3 is 1.15 bits per heavy atom. The highest BCUT2D eigenvalue weighted by Gasteiger charge is 2.11. The molecule has 0 spiro atoms. The summed E-state index contributed by atoms with van der Waals surface area (Å²) < 4.78 is 316. The summed E-state index contributed by atoms with van der Waals surface area (Å²) in [6.07, 6.45) is 0. The van der Waals surface area contributed by atoms with Crippen LogP contribution in [0.4, 0.5) is 17.6 Å². The van der Waals surface area contributed by atoms with E-state index < -0.39 is 196 Å². The number of hydrogen-bond acceptors (Lipinski definition) is 12. The first-order chi connectivity index (χ1) is 54.4. The molecule has 13 nitrogen and oxygen atoms in total. The summed E-state index contributed by atoms with van der Waals surface area (Å²) in [5.74, 6) is -7.01. The number of nitrogens with two attached hydrogens (primary N) is 1. The number of halogens is 4. The molecule has 0 heterocycles. The highest BCUT2D eigenvalue weighted by molar-refractivity contribution is 5.81. The zero-order chi connectivity index (χ0) is 90.6. The van der Waals surface area contributed by atoms with Crippen molar-refractivity contribution in [3.8, 4) is 23.0 Å². The predicted molar refractivity (Wildman–Crippen MR) is 335 cm³/mol. The van der Waals surface area contributed by atoms with Crippen LogP contribution in [0.25, 0.3) is 0 Å². The number of hydrogen-bond donors (Lipinski definition) is 5. The van der Waals surface area contributed by atoms with E-state index in [9.17, 15) is 36.7 Å². The first-order valence-corrected chi connectivity index (χ1v) is 25.9. The lowest BCUT2D eigenvalue weighted by atomic mass is 10.2. The second-order valence-electron chi connectivity index (χ2n) is 17.9. The van der Waals surface area contributed by atoms with E-state index in [1.54, 1.807) is 53.8 Å². The van der Waals surface area contributed by atoms with Crippen molar-refractivity contribution in [3.63, 3.8) is 0 Å². The standard InChI is InChI=1S/3C18H20FNO2.C17H19FN2O2/c3*1-13(14(2)21)20-11-15-6-8-18(9-7-15)22-12-16-4-3-5-17(19)10-16;1-12(17(19)21)20-10-13-5-7-16(8-6-13)22-11-14-3-2-4-15(18)9-14/h3*3-10,13,20H,11-12H2,1-2H3;2-9,12,20H,10-11H2,1H3,(H2,19,21)/t3*13-;12-/m0000/s1/i1D3,6D,7D,8D,9D,11D2,12D2,13D;1D3,12D2;1D3;1D3,5D,6D,7D,8D,10D2,11D2. The normalized spacial score (nSPS) is 18.8. The SMILES string of the molecule is [2H]C([2H])(Oc1ccc(CN[C@H](C(C)=O)C([2H])([2H])[2H])cc1)c1cccc(F)c1.[2H]C([2H])([2H])[C@H](NCc1ccc(OCc2cccc(F)c2)cc1)C(C)=O.[2H]c1c([2H])c(C([2H])([2H])N[C@H](C(N)=O)C([2H])([2H])[2H])c([2H])c([2H])c1OC([2H])([2H])c1cccc(F)c1.[2H]c1c([2H])c(C([2H])([2H])N[C@]([2H])(C(C)=O)C([2H])([2H])[2H])c([2H])c([2H])c1OC([2H])([2H])c1cccc(F)c1. The molecule has 8 aromatic carbocycles. The van der Waals surface area contributed by atoms with E-state index in [1.165, 1.54) is 80.6 Å². The Kier molecular flexibility index (Phi) is 15.8. The second kappa shape index (κ2) is 37.5. The molecule has 0 saturated heterocycles. The summed E-state index contributed by atoms with van der Waals surface area (Å²) in [6, 6.07) is 17.1. The number of primary amides is 1. The van der Waals surface area contributed by atoms with Crippen LogP contribution in [0, 0.1) is 23.3 Å². The molecule has 1 amide bonds. The Labute approximate surface area is 557 Å². The Bertz CT molecular complexity index is 4850. The van der Waals surface area contributed by atoms with E-state index in [4.69, 9.17) is 67.2 Å². The summed E-state index contributed by atoms with van der Waals surface area (Å²) in [7, 11) is 0. The summed E-state index contributed by atoms with van der Waals surface area (Å²) in [4.78, 5) is 46.3. The Morgan fingerprint density at radius 2 is 0.795 bits per heavy atom. The van der Waals surface area contributed by atoms with Crippen LogP contribution in [-0.4, -0.2) is 47.4 Å². The molecule has 0 radical (unpaired) electrons. The van der Waals surface area contributed by atoms with E-state index in [1.807, 2.05) is 5.32 Å². The molecule has 464 valence electrons. The number of nitrogens with one attached hydrogen (secondary N) is 4. The zero-order valence-corrected chi connectivity index (χ0v) is 47.1. The third-order valence-corrected chi connectivity index (χ3v) is 10.8. The molecule has 0 aliphatic rings. The topological polar surface area (TPSA) is 179 Å². The van der Waals surface area contributed by atoms with Gasteiger partial charge in [-0.15, -0.1) is 0 Å². The number of carbonyl (C=O) groups excluding carboxylic acids is 4. The molecule has 0 aromatic heterocycles. The predicted octanol–water partition coefficient (Wildman–Crippen LogP) is 12.8. The maximum Gasteiger partial charge on any atom is 0.234 e. The first-order valence-electron chi connectivity index (χ1n) is 41.4. The van der Waals surface area contributed by atoms with Crippen LogP contribution in [0.5, 0.6) is 23.0 Å². The van der Waals surface area contributed by atoms with Gasteiger partial charge in [-0.1, -0.05) is 97.0 Å². The van der Waals surface area contributed by atoms with Gasteiger partial charge in [-0.05, 0) is 190 Å². The van der Waals surface area contributed by atoms with Crippen LogP contribution in [0.15, 0.2) is 194 Å². The Morgan fingerprint density at radius 1 is 0.432 bits per heavy atom. The number of amides is 1. The van der Waals surface area contributed by atoms with Gasteiger partial charge in [0.2, 0.25) is 5.91 Å². The fourth-order valence-corrected chi connectivity index (χ4v) is 6.15. The molecule has 0 fully saturated rings. The van der Waals surface area contributed by atoms with Gasteiger partial charge < -0.3 is 45.9 Å². The molecular formula is C71H79F4N5O8. The summed E-state index contributed by atoms with van der Waals surface area (Å²) in [5, 5.41) is 8.98. The molecule has 6 N–H and O–H groups in total. The van der Waals surface area contributed by atoms with Crippen molar-refractivity contribution in [2.75, 3.05) is 0 Å². The number of ketones is 3. The van der Waals surface area contributed by atoms with Crippen LogP contribution in [0.1, 0.15) is 135 Å². The molecule has 0 saturated carbocycles. The molecule has 0 aliphatic heterocycles. The van der Waals surface area contributed by atoms with E-state index >= 15 is 0 Å². The number of ether oxygens (including phenoxy) is 4. The highest BCUT2D eigenvalue weighted by Crippen LogP contribution is 2.19. The largest absolute Gasteiger partial charge is 0.489 e. The van der Waals surface area contributed by atoms with Gasteiger partial charge in [0.05, 0.1) is 44.7 Å². The lowest BCUT2D eigenvalue weighted by Gasteiger charge is -2.11. The third kappa shape index (κ3) is 27.6. The van der Waals surface area contributed by atoms with Gasteiger partial charge in [0.15, 0.2) is 0 Å². The quantitative estimate of drug-likeness (QED) is 0.0294. The minimum absolute atomic E-state index is 0.0511. The zero-order valence-electron chi connectivity index (χ0n) is 78.1. The van der Waals surface area contributed by atoms with Crippen molar-refractivity contribution in [2.24, 2.45) is 5.73 Å². The highest BCUT2D eigenvalue weighted by atomic mass is 19.1. The number of carbonyl (C=O) groups is 4. The van der Waals surface area contributed by atoms with Crippen LogP contribution >= 0.6 is 0 Å². The van der Waals surface area contributed by atoms with Crippen LogP contribution < -0.4 is 45.9 Å². The lowest BCUT2D eigenvalue weighted by molar-refractivity contribution is -0.120. The minimum atomic E-state index is -3.35. The van der Waals surface area contributed by atoms with Crippen molar-refractivity contribution < 1.29 is 98.2 Å². The van der Waals surface area contributed by atoms with E-state index in [0.717, 1.165) is 48.4 Å². The van der Waals surface area contributed by atoms with Gasteiger partial charge in [0.1, 0.15) is 89.9 Å². The molecule has 17 heteroatoms. The summed E-state index contributed by atoms with van der Waals surface area (Å²) in [5.41, 5.74) is 4.70. The fraction of sp³-hybridized carbons (Fsp3) is 0.268. The van der Waals surface area contributed by atoms with Gasteiger partial charge in [-0.25, -0.2) is 17.6 Å². The summed E-state index contributed by atoms with van der Waals surface area (Å²) >= 11 is 0. The maximum absolute atomic E-state index is 13.5. The smallest absolute Gasteiger partial charge is 0.234 e. The van der Waals surface area contributed by atoms with Crippen molar-refractivity contribution in [1.82, 2.24) is 21.3 Å². The van der Waals surface area contributed by atoms with Crippen molar-refractivity contribution >= 4 is 23.3 Å². The monoisotopic (exact) mass is 1240 g/mol. The van der Waals surface area contributed by atoms with Crippen molar-refractivity contribution in [3.05, 3.63) is 262 Å². The van der Waals surface area contributed by atoms with E-state index in [2.05, 4.69) is 10.6 Å². The molecule has 88 heavy (non-hydrogen) atoms. The lowest BCUT2D eigenvalue weighted by Crippen LogP contribution is -2.38. The van der Waals surface area contributed by atoms with E-state index in [-0.39, 0.29) is 48.0 Å². The molecule has 0 aliphatic carbocycles. The molecule has 4 atom stereocenters. The summed E-state index contributed by atoms with van der Waals surface area (Å²) in [6.45, 7) is -21.5. The van der Waals surface area contributed by atoms with Crippen LogP contribution in [0.3, 0.4) is 0 Å². The molecule has 0 unspecified atom stereocenters. The molecule has 8 rings (SSSR count). The minimum Gasteiger partial charge on any atom is -0.489 e. The maximum atomic E-state index is 13.5. The average Bonchev–Trinajstić information content (AvgIpc) is 0.746. The second-order valence-corrected chi connectivity index (χ2v) is 17.9. The average molecular weight is 1240 g/mol. The van der Waals surface area contributed by atoms with Crippen LogP contribution in [0.2, 0.25) is 0 Å². The van der Waals surface area contributed by atoms with Gasteiger partial charge in [-0.3, -0.25) is 19.2 Å². The van der Waals surface area contributed by atoms with E-state index in [0.29, 0.717) is 11.3 Å². The number of benzene rings is 8. The van der Waals surface area contributed by atoms with Gasteiger partial charge >= 0.3 is 0 Å². The van der Waals surface area contributed by atoms with Crippen LogP contribution in [-0.2, 0) is 71.5 Å². The Balaban J connectivity index is 0.000000285. The molecular weight excluding hydrogens is 1130 g/mol. The van der Waals surface area contributed by atoms with Crippen molar-refractivity contribution in [2.45, 2.75) is 125 Å². The third-order valence-electron chi connectivity index (χ3n) is 10.8. The Hall–Kier alpha value is -9.00. The van der Waals surface area contributed by atoms with Gasteiger partial charge in [0.25, 0.3) is 0 Å².